The van der Waals surface area contributed by atoms with Gasteiger partial charge >= 0.3 is 25.0 Å². The average molecular weight is 537 g/mol. The second kappa shape index (κ2) is 11.4. The molecule has 12 heteroatoms. The molecule has 1 fully saturated rings. The molecule has 39 heavy (non-hydrogen) atoms. The number of benzene rings is 2. The summed E-state index contributed by atoms with van der Waals surface area (Å²) in [7, 11) is 0.122. The van der Waals surface area contributed by atoms with E-state index < -0.39 is 42.6 Å². The Morgan fingerprint density at radius 3 is 2.62 bits per heavy atom. The molecule has 2 heterocycles. The van der Waals surface area contributed by atoms with Gasteiger partial charge in [0.1, 0.15) is 11.8 Å². The Morgan fingerprint density at radius 2 is 1.92 bits per heavy atom. The molecule has 0 aromatic heterocycles. The van der Waals surface area contributed by atoms with Crippen LogP contribution in [0.4, 0.5) is 4.79 Å². The molecular formula is C27H32BN3O8. The second-order valence-electron chi connectivity index (χ2n) is 9.82. The molecule has 1 saturated heterocycles. The van der Waals surface area contributed by atoms with Gasteiger partial charge in [0.2, 0.25) is 0 Å². The molecule has 2 aliphatic rings. The monoisotopic (exact) mass is 537 g/mol. The average Bonchev–Trinajstić information content (AvgIpc) is 2.91. The molecule has 0 radical (unpaired) electrons. The zero-order valence-corrected chi connectivity index (χ0v) is 22.4. The van der Waals surface area contributed by atoms with Gasteiger partial charge in [0, 0.05) is 31.9 Å². The summed E-state index contributed by atoms with van der Waals surface area (Å²) in [5, 5.41) is 23.6. The lowest BCUT2D eigenvalue weighted by molar-refractivity contribution is -0.153. The first-order valence-corrected chi connectivity index (χ1v) is 12.8. The molecular weight excluding hydrogens is 505 g/mol. The normalized spacial score (nSPS) is 17.9. The van der Waals surface area contributed by atoms with Gasteiger partial charge in [-0.05, 0) is 61.6 Å². The number of ketones is 1. The highest BCUT2D eigenvalue weighted by atomic mass is 16.5. The number of hydrogen-bond donors (Lipinski definition) is 3. The van der Waals surface area contributed by atoms with E-state index in [9.17, 15) is 29.3 Å². The summed E-state index contributed by atoms with van der Waals surface area (Å²) in [6.07, 6.45) is 0.229. The Bertz CT molecular complexity index is 1320. The lowest BCUT2D eigenvalue weighted by Gasteiger charge is -2.33. The van der Waals surface area contributed by atoms with Crippen LogP contribution < -0.4 is 14.7 Å². The van der Waals surface area contributed by atoms with Gasteiger partial charge in [-0.15, -0.1) is 0 Å². The fourth-order valence-electron chi connectivity index (χ4n) is 5.01. The summed E-state index contributed by atoms with van der Waals surface area (Å²) in [6.45, 7) is 5.73. The number of phenols is 1. The van der Waals surface area contributed by atoms with Crippen LogP contribution >= 0.6 is 0 Å². The smallest absolute Gasteiger partial charge is 0.526 e. The Morgan fingerprint density at radius 1 is 1.18 bits per heavy atom. The first-order valence-electron chi connectivity index (χ1n) is 12.8. The van der Waals surface area contributed by atoms with Crippen molar-refractivity contribution in [2.75, 3.05) is 26.7 Å². The number of nitrogens with one attached hydrogen (secondary N) is 1. The third kappa shape index (κ3) is 5.56. The maximum Gasteiger partial charge on any atom is 0.526 e. The molecule has 206 valence electrons. The second-order valence-corrected chi connectivity index (χ2v) is 9.82. The zero-order chi connectivity index (χ0) is 28.4. The lowest BCUT2D eigenvalue weighted by Crippen LogP contribution is -2.58. The summed E-state index contributed by atoms with van der Waals surface area (Å²) in [6, 6.07) is 6.43. The van der Waals surface area contributed by atoms with Crippen molar-refractivity contribution in [3.05, 3.63) is 52.6 Å². The van der Waals surface area contributed by atoms with Crippen LogP contribution in [0, 0.1) is 13.8 Å². The van der Waals surface area contributed by atoms with Gasteiger partial charge in [0.15, 0.2) is 17.3 Å². The number of likely N-dealkylation sites (N-methyl/N-ethyl adjacent to an activating group) is 1. The number of phenolic OH excluding ortho intramolecular Hbond substituents is 1. The molecule has 2 aromatic carbocycles. The number of carbonyl (C=O) groups excluding carboxylic acids is 4. The van der Waals surface area contributed by atoms with E-state index >= 15 is 0 Å². The van der Waals surface area contributed by atoms with Crippen molar-refractivity contribution in [3.63, 3.8) is 0 Å². The predicted molar refractivity (Wildman–Crippen MR) is 141 cm³/mol. The fraction of sp³-hybridized carbons (Fsp3) is 0.407. The van der Waals surface area contributed by atoms with Crippen LogP contribution in [0.1, 0.15) is 41.6 Å². The van der Waals surface area contributed by atoms with E-state index in [1.807, 2.05) is 25.1 Å². The molecule has 0 saturated carbocycles. The van der Waals surface area contributed by atoms with Crippen molar-refractivity contribution >= 4 is 30.7 Å². The molecule has 2 atom stereocenters. The van der Waals surface area contributed by atoms with E-state index in [1.54, 1.807) is 13.8 Å². The highest BCUT2D eigenvalue weighted by Gasteiger charge is 2.40. The number of aryl methyl sites for hydroxylation is 2. The van der Waals surface area contributed by atoms with Crippen LogP contribution in [0.25, 0.3) is 0 Å². The maximum atomic E-state index is 13.7. The topological polar surface area (TPSA) is 146 Å². The molecule has 3 N–H and O–H groups in total. The maximum absolute atomic E-state index is 13.7. The number of carbonyl (C=O) groups is 4. The van der Waals surface area contributed by atoms with Gasteiger partial charge in [-0.1, -0.05) is 18.2 Å². The standard InChI is InChI=1S/C27H32BN3O8/c1-5-30-9-10-31(26(35)25(30)34)27(36)29-22(18-11-16(3)23(33)21(13-18)38-4)20(32)14-19-12-17-8-6-7-15(2)24(17)39-28(19)37/h6-8,11,13,19,22,33,37H,5,9-10,12,14H2,1-4H3,(H,29,36)/t19-,22?/m1/s1. The number of rotatable bonds is 7. The molecule has 11 nitrogen and oxygen atoms in total. The van der Waals surface area contributed by atoms with Crippen LogP contribution in [-0.4, -0.2) is 77.4 Å². The van der Waals surface area contributed by atoms with Crippen LogP contribution in [0.15, 0.2) is 30.3 Å². The Hall–Kier alpha value is -4.06. The summed E-state index contributed by atoms with van der Waals surface area (Å²) in [5.74, 6) is -2.24. The number of ether oxygens (including phenoxy) is 1. The lowest BCUT2D eigenvalue weighted by atomic mass is 9.64. The van der Waals surface area contributed by atoms with E-state index in [2.05, 4.69) is 5.32 Å². The number of nitrogens with zero attached hydrogens (tertiary/aromatic N) is 2. The van der Waals surface area contributed by atoms with E-state index in [-0.39, 0.29) is 31.0 Å². The van der Waals surface area contributed by atoms with Crippen molar-refractivity contribution in [2.45, 2.75) is 45.5 Å². The van der Waals surface area contributed by atoms with E-state index in [4.69, 9.17) is 9.39 Å². The first-order chi connectivity index (χ1) is 18.5. The largest absolute Gasteiger partial charge is 0.536 e. The molecule has 4 rings (SSSR count). The molecule has 0 bridgehead atoms. The van der Waals surface area contributed by atoms with Gasteiger partial charge in [-0.3, -0.25) is 19.3 Å². The third-order valence-corrected chi connectivity index (χ3v) is 7.25. The van der Waals surface area contributed by atoms with Crippen molar-refractivity contribution in [2.24, 2.45) is 0 Å². The summed E-state index contributed by atoms with van der Waals surface area (Å²) in [5.41, 5.74) is 2.45. The van der Waals surface area contributed by atoms with E-state index in [0.717, 1.165) is 16.0 Å². The van der Waals surface area contributed by atoms with Gasteiger partial charge in [-0.2, -0.15) is 0 Å². The van der Waals surface area contributed by atoms with E-state index in [0.29, 0.717) is 29.8 Å². The Kier molecular flexibility index (Phi) is 8.15. The highest BCUT2D eigenvalue weighted by molar-refractivity contribution is 6.46. The minimum Gasteiger partial charge on any atom is -0.536 e. The number of urea groups is 1. The molecule has 0 spiro atoms. The van der Waals surface area contributed by atoms with Crippen LogP contribution in [-0.2, 0) is 20.8 Å². The van der Waals surface area contributed by atoms with Crippen molar-refractivity contribution in [1.29, 1.82) is 0 Å². The number of Topliss-reactive ketones (excluding diaryl/α,β-unsaturated/α-hetero) is 1. The minimum absolute atomic E-state index is 0.0194. The number of imide groups is 1. The van der Waals surface area contributed by atoms with Crippen LogP contribution in [0.2, 0.25) is 5.82 Å². The summed E-state index contributed by atoms with van der Waals surface area (Å²) in [4.78, 5) is 54.0. The first kappa shape index (κ1) is 28.0. The minimum atomic E-state index is -1.26. The quantitative estimate of drug-likeness (QED) is 0.359. The zero-order valence-electron chi connectivity index (χ0n) is 22.4. The van der Waals surface area contributed by atoms with Gasteiger partial charge < -0.3 is 29.7 Å². The predicted octanol–water partition coefficient (Wildman–Crippen LogP) is 1.90. The van der Waals surface area contributed by atoms with E-state index in [1.165, 1.54) is 24.1 Å². The van der Waals surface area contributed by atoms with Gasteiger partial charge in [-0.25, -0.2) is 4.79 Å². The number of fused-ring (bicyclic) bond motifs is 1. The van der Waals surface area contributed by atoms with Crippen molar-refractivity contribution in [1.82, 2.24) is 15.1 Å². The molecule has 1 unspecified atom stereocenters. The fourth-order valence-corrected chi connectivity index (χ4v) is 5.01. The molecule has 0 aliphatic carbocycles. The van der Waals surface area contributed by atoms with Crippen molar-refractivity contribution in [3.8, 4) is 17.2 Å². The van der Waals surface area contributed by atoms with Gasteiger partial charge in [0.05, 0.1) is 7.11 Å². The summed E-state index contributed by atoms with van der Waals surface area (Å²) < 4.78 is 11.0. The Labute approximate surface area is 226 Å². The van der Waals surface area contributed by atoms with Gasteiger partial charge in [0.25, 0.3) is 0 Å². The number of para-hydroxylation sites is 1. The van der Waals surface area contributed by atoms with Crippen LogP contribution in [0.5, 0.6) is 17.2 Å². The third-order valence-electron chi connectivity index (χ3n) is 7.25. The SMILES string of the molecule is CCN1CCN(C(=O)NC(C(=O)C[C@H]2Cc3cccc(C)c3OB2O)c2cc(C)c(O)c(OC)c2)C(=O)C1=O. The number of amides is 4. The molecule has 2 aromatic rings. The molecule has 4 amide bonds. The summed E-state index contributed by atoms with van der Waals surface area (Å²) >= 11 is 0. The number of piperazine rings is 1. The Balaban J connectivity index is 1.62. The number of hydrogen-bond acceptors (Lipinski definition) is 8. The van der Waals surface area contributed by atoms with Crippen LogP contribution in [0.3, 0.4) is 0 Å². The number of aromatic hydroxyl groups is 1. The highest BCUT2D eigenvalue weighted by Crippen LogP contribution is 2.38. The van der Waals surface area contributed by atoms with Crippen molar-refractivity contribution < 1.29 is 38.7 Å². The number of methoxy groups -OCH3 is 1. The molecule has 2 aliphatic heterocycles.